The van der Waals surface area contributed by atoms with Crippen LogP contribution in [-0.2, 0) is 0 Å². The molecule has 24 aromatic rings. The Morgan fingerprint density at radius 1 is 0.211 bits per heavy atom. The van der Waals surface area contributed by atoms with Crippen molar-refractivity contribution < 1.29 is 9.47 Å². The fraction of sp³-hybridized carbons (Fsp3) is 0.0435. The molecule has 0 saturated carbocycles. The zero-order chi connectivity index (χ0) is 96.9. The van der Waals surface area contributed by atoms with Crippen LogP contribution in [0, 0.1) is 0 Å². The van der Waals surface area contributed by atoms with E-state index in [-0.39, 0.29) is 24.0 Å². The molecule has 147 heavy (non-hydrogen) atoms. The van der Waals surface area contributed by atoms with Crippen LogP contribution < -0.4 is 24.2 Å². The number of ether oxygens (including phenoxy) is 2. The van der Waals surface area contributed by atoms with Gasteiger partial charge in [0.05, 0.1) is 50.2 Å². The minimum Gasteiger partial charge on any atom is -0.485 e. The monoisotopic (exact) mass is 1900 g/mol. The molecule has 6 aliphatic rings. The molecule has 9 heteroatoms. The van der Waals surface area contributed by atoms with Gasteiger partial charge in [0.25, 0.3) is 0 Å². The lowest BCUT2D eigenvalue weighted by Crippen LogP contribution is -2.17. The molecule has 696 valence electrons. The molecule has 30 rings (SSSR count). The first-order valence-electron chi connectivity index (χ1n) is 50.8. The SMILES string of the molecule is C1=CC2Oc3c(cccc3N(c3ccc(-c4ccc5ccccc5c4)cc3)c3ccc(-n4c5ccccc5c5ccccc54)cc3)C2C=C1.C1=CC2Oc3cccc(N(c4ccc(-c5ccc6ccccc6c5)cc4)c4ccc(-n5c6ccccc6c6ccccc65)cc4)c3C2C=C1.C1=CC2Sc3cccc(N(c4ccc(-c5ccc6ccccc6c5)cc4)c4ccc(-n5c6ccccc6c6ccccc65)cc4)c3C2C=C1. The number of thioether (sulfide) groups is 1. The van der Waals surface area contributed by atoms with Gasteiger partial charge in [-0.1, -0.05) is 340 Å². The van der Waals surface area contributed by atoms with Crippen molar-refractivity contribution in [2.45, 2.75) is 40.1 Å². The van der Waals surface area contributed by atoms with E-state index in [4.69, 9.17) is 9.47 Å². The largest absolute Gasteiger partial charge is 0.485 e. The van der Waals surface area contributed by atoms with E-state index in [1.54, 1.807) is 0 Å². The van der Waals surface area contributed by atoms with E-state index in [9.17, 15) is 0 Å². The number of hydrogen-bond acceptors (Lipinski definition) is 6. The highest BCUT2D eigenvalue weighted by Crippen LogP contribution is 2.57. The highest BCUT2D eigenvalue weighted by Gasteiger charge is 2.40. The van der Waals surface area contributed by atoms with Crippen LogP contribution in [0.25, 0.3) is 148 Å². The lowest BCUT2D eigenvalue weighted by molar-refractivity contribution is 0.269. The van der Waals surface area contributed by atoms with Crippen LogP contribution in [0.3, 0.4) is 0 Å². The van der Waals surface area contributed by atoms with Gasteiger partial charge in [-0.3, -0.25) is 0 Å². The fourth-order valence-electron chi connectivity index (χ4n) is 23.4. The minimum absolute atomic E-state index is 0.0101. The number of benzene rings is 21. The summed E-state index contributed by atoms with van der Waals surface area (Å²) in [6, 6.07) is 172. The van der Waals surface area contributed by atoms with Gasteiger partial charge in [-0.15, -0.1) is 11.8 Å². The summed E-state index contributed by atoms with van der Waals surface area (Å²) in [6.45, 7) is 0. The molecular formula is C138H96N6O2S. The van der Waals surface area contributed by atoms with Gasteiger partial charge in [0, 0.05) is 123 Å². The molecule has 0 fully saturated rings. The Balaban J connectivity index is 0.000000107. The van der Waals surface area contributed by atoms with Crippen LogP contribution in [-0.4, -0.2) is 31.2 Å². The Hall–Kier alpha value is -18.4. The zero-order valence-electron chi connectivity index (χ0n) is 80.3. The third-order valence-corrected chi connectivity index (χ3v) is 31.7. The van der Waals surface area contributed by atoms with E-state index in [1.807, 2.05) is 11.8 Å². The van der Waals surface area contributed by atoms with Crippen LogP contribution in [0.1, 0.15) is 34.4 Å². The molecule has 0 saturated heterocycles. The molecule has 0 amide bonds. The summed E-state index contributed by atoms with van der Waals surface area (Å²) in [5.41, 5.74) is 31.8. The highest BCUT2D eigenvalue weighted by atomic mass is 32.2. The molecule has 3 aliphatic heterocycles. The summed E-state index contributed by atoms with van der Waals surface area (Å²) in [6.07, 6.45) is 26.4. The predicted molar refractivity (Wildman–Crippen MR) is 617 cm³/mol. The maximum atomic E-state index is 6.70. The summed E-state index contributed by atoms with van der Waals surface area (Å²) in [5, 5.41) is 15.5. The van der Waals surface area contributed by atoms with Crippen molar-refractivity contribution in [3.63, 3.8) is 0 Å². The number of aromatic nitrogens is 3. The Bertz CT molecular complexity index is 8980. The molecule has 21 aromatic carbocycles. The molecule has 6 unspecified atom stereocenters. The number of allylic oxidation sites excluding steroid dienone is 7. The lowest BCUT2D eigenvalue weighted by Gasteiger charge is -2.29. The molecule has 0 radical (unpaired) electrons. The summed E-state index contributed by atoms with van der Waals surface area (Å²) in [4.78, 5) is 8.54. The van der Waals surface area contributed by atoms with Crippen molar-refractivity contribution in [3.05, 3.63) is 563 Å². The van der Waals surface area contributed by atoms with Gasteiger partial charge in [-0.05, 0) is 278 Å². The van der Waals surface area contributed by atoms with Crippen molar-refractivity contribution >= 4 is 161 Å². The Morgan fingerprint density at radius 3 is 0.912 bits per heavy atom. The highest BCUT2D eigenvalue weighted by molar-refractivity contribution is 8.00. The summed E-state index contributed by atoms with van der Waals surface area (Å²) >= 11 is 1.98. The second kappa shape index (κ2) is 36.5. The molecule has 3 aromatic heterocycles. The number of anilines is 9. The van der Waals surface area contributed by atoms with Crippen molar-refractivity contribution in [1.29, 1.82) is 0 Å². The normalized spacial score (nSPS) is 16.2. The molecular weight excluding hydrogens is 1810 g/mol. The van der Waals surface area contributed by atoms with Gasteiger partial charge in [0.15, 0.2) is 0 Å². The second-order valence-electron chi connectivity index (χ2n) is 38.7. The van der Waals surface area contributed by atoms with E-state index >= 15 is 0 Å². The summed E-state index contributed by atoms with van der Waals surface area (Å²) in [5.74, 6) is 2.61. The van der Waals surface area contributed by atoms with Crippen molar-refractivity contribution in [3.8, 4) is 61.9 Å². The average molecular weight is 1900 g/mol. The third-order valence-electron chi connectivity index (χ3n) is 30.4. The molecule has 0 N–H and O–H groups in total. The van der Waals surface area contributed by atoms with Crippen LogP contribution in [0.5, 0.6) is 11.5 Å². The number of nitrogens with zero attached hydrogens (tertiary/aromatic N) is 6. The number of rotatable bonds is 15. The van der Waals surface area contributed by atoms with E-state index in [0.29, 0.717) is 11.2 Å². The van der Waals surface area contributed by atoms with Crippen LogP contribution in [0.2, 0.25) is 0 Å². The molecule has 0 spiro atoms. The molecule has 6 heterocycles. The van der Waals surface area contributed by atoms with Gasteiger partial charge in [0.2, 0.25) is 0 Å². The van der Waals surface area contributed by atoms with Gasteiger partial charge in [-0.25, -0.2) is 0 Å². The van der Waals surface area contributed by atoms with Crippen LogP contribution in [0.4, 0.5) is 51.2 Å². The van der Waals surface area contributed by atoms with Crippen LogP contribution in [0.15, 0.2) is 551 Å². The molecule has 6 atom stereocenters. The maximum Gasteiger partial charge on any atom is 0.148 e. The first-order chi connectivity index (χ1) is 72.9. The van der Waals surface area contributed by atoms with Gasteiger partial charge >= 0.3 is 0 Å². The zero-order valence-corrected chi connectivity index (χ0v) is 81.2. The summed E-state index contributed by atoms with van der Waals surface area (Å²) in [7, 11) is 0. The Kier molecular flexibility index (Phi) is 21.5. The number of para-hydroxylation sites is 7. The maximum absolute atomic E-state index is 6.70. The standard InChI is InChI=1S/2C46H32N2O.C46H32N2S/c1-2-11-33-30-34(21-20-31(33)10-1)32-22-24-35(25-23-32)47(44-18-9-15-41-40-14-5-8-19-45(40)49-46(41)44)36-26-28-37(29-27-36)48-42-16-6-3-12-38(42)39-13-4-7-17-43(39)48;2*1-2-11-33-30-34(21-20-31(33)10-1)32-22-24-35(25-23-32)47(43-17-9-19-45-46(43)40-14-5-8-18-44(40)49-45)36-26-28-37(29-27-36)48-41-15-6-3-12-38(41)39-13-4-7-16-42(39)48/h1-30,40,45H;2*1-30,40,44H. The van der Waals surface area contributed by atoms with Crippen molar-refractivity contribution in [2.75, 3.05) is 14.7 Å². The fourth-order valence-corrected chi connectivity index (χ4v) is 24.8. The predicted octanol–water partition coefficient (Wildman–Crippen LogP) is 36.8. The molecule has 3 aliphatic carbocycles. The summed E-state index contributed by atoms with van der Waals surface area (Å²) < 4.78 is 20.3. The van der Waals surface area contributed by atoms with Gasteiger partial charge in [-0.2, -0.15) is 0 Å². The van der Waals surface area contributed by atoms with Crippen molar-refractivity contribution in [1.82, 2.24) is 13.7 Å². The quantitative estimate of drug-likeness (QED) is 0.102. The number of hydrogen-bond donors (Lipinski definition) is 0. The average Bonchev–Trinajstić information content (AvgIpc) is 1.70. The van der Waals surface area contributed by atoms with Gasteiger partial charge in [0.1, 0.15) is 23.7 Å². The Morgan fingerprint density at radius 2 is 0.510 bits per heavy atom. The van der Waals surface area contributed by atoms with E-state index in [2.05, 4.69) is 574 Å². The van der Waals surface area contributed by atoms with E-state index in [0.717, 1.165) is 74.1 Å². The first kappa shape index (κ1) is 86.5. The van der Waals surface area contributed by atoms with Crippen LogP contribution >= 0.6 is 11.8 Å². The lowest BCUT2D eigenvalue weighted by atomic mass is 9.90. The van der Waals surface area contributed by atoms with E-state index in [1.165, 1.54) is 158 Å². The molecule has 8 nitrogen and oxygen atoms in total. The third kappa shape index (κ3) is 15.3. The first-order valence-corrected chi connectivity index (χ1v) is 51.7. The van der Waals surface area contributed by atoms with Gasteiger partial charge < -0.3 is 37.9 Å². The number of fused-ring (bicyclic) bond motifs is 21. The Labute approximate surface area is 857 Å². The molecule has 0 bridgehead atoms. The second-order valence-corrected chi connectivity index (χ2v) is 39.9. The smallest absolute Gasteiger partial charge is 0.148 e. The topological polar surface area (TPSA) is 43.0 Å². The van der Waals surface area contributed by atoms with Crippen molar-refractivity contribution in [2.24, 2.45) is 0 Å². The minimum atomic E-state index is 0.0101. The van der Waals surface area contributed by atoms with E-state index < -0.39 is 0 Å².